The van der Waals surface area contributed by atoms with Crippen LogP contribution < -0.4 is 5.73 Å². The number of nitrogens with zero attached hydrogens (tertiary/aromatic N) is 5. The van der Waals surface area contributed by atoms with Crippen molar-refractivity contribution in [1.82, 2.24) is 24.7 Å². The number of alkyl halides is 1. The van der Waals surface area contributed by atoms with Crippen molar-refractivity contribution in [2.75, 3.05) is 13.2 Å². The molecule has 0 amide bonds. The smallest absolute Gasteiger partial charge is 0.141 e. The Morgan fingerprint density at radius 2 is 2.25 bits per heavy atom. The van der Waals surface area contributed by atoms with Gasteiger partial charge in [0, 0.05) is 29.9 Å². The minimum atomic E-state index is -0.936. The predicted molar refractivity (Wildman–Crippen MR) is 85.4 cm³/mol. The molecule has 1 fully saturated rings. The van der Waals surface area contributed by atoms with Crippen LogP contribution in [0.2, 0.25) is 0 Å². The minimum Gasteiger partial charge on any atom is -0.346 e. The maximum absolute atomic E-state index is 13.2. The van der Waals surface area contributed by atoms with Crippen molar-refractivity contribution in [3.8, 4) is 17.3 Å². The van der Waals surface area contributed by atoms with E-state index >= 15 is 0 Å². The second-order valence-electron chi connectivity index (χ2n) is 6.44. The number of hydrogen-bond acceptors (Lipinski definition) is 5. The summed E-state index contributed by atoms with van der Waals surface area (Å²) >= 11 is 0. The van der Waals surface area contributed by atoms with Gasteiger partial charge in [-0.1, -0.05) is 0 Å². The van der Waals surface area contributed by atoms with Gasteiger partial charge in [-0.25, -0.2) is 14.4 Å². The first-order chi connectivity index (χ1) is 11.7. The van der Waals surface area contributed by atoms with E-state index in [1.807, 2.05) is 18.5 Å². The van der Waals surface area contributed by atoms with Crippen molar-refractivity contribution >= 4 is 11.0 Å². The van der Waals surface area contributed by atoms with Gasteiger partial charge in [0.25, 0.3) is 0 Å². The molecule has 0 unspecified atom stereocenters. The van der Waals surface area contributed by atoms with Gasteiger partial charge in [-0.15, -0.1) is 0 Å². The average molecular weight is 325 g/mol. The molecule has 3 heterocycles. The van der Waals surface area contributed by atoms with E-state index in [9.17, 15) is 9.65 Å². The van der Waals surface area contributed by atoms with E-state index in [1.54, 1.807) is 10.9 Å². The molecule has 1 aliphatic carbocycles. The van der Waals surface area contributed by atoms with Gasteiger partial charge in [-0.05, 0) is 18.9 Å². The van der Waals surface area contributed by atoms with Gasteiger partial charge in [0.2, 0.25) is 0 Å². The second-order valence-corrected chi connectivity index (χ2v) is 6.44. The lowest BCUT2D eigenvalue weighted by Gasteiger charge is -2.50. The molecule has 0 spiro atoms. The fraction of sp³-hybridized carbons (Fsp3) is 0.375. The summed E-state index contributed by atoms with van der Waals surface area (Å²) in [7, 11) is 0. The highest BCUT2D eigenvalue weighted by Gasteiger charge is 2.56. The number of rotatable bonds is 4. The van der Waals surface area contributed by atoms with Gasteiger partial charge in [0.05, 0.1) is 28.9 Å². The van der Waals surface area contributed by atoms with Gasteiger partial charge in [0.1, 0.15) is 18.6 Å². The molecule has 4 rings (SSSR count). The number of aromatic amines is 1. The van der Waals surface area contributed by atoms with Gasteiger partial charge >= 0.3 is 0 Å². The quantitative estimate of drug-likeness (QED) is 0.759. The third kappa shape index (κ3) is 1.95. The largest absolute Gasteiger partial charge is 0.346 e. The van der Waals surface area contributed by atoms with Crippen molar-refractivity contribution in [1.29, 1.82) is 5.26 Å². The average Bonchev–Trinajstić information content (AvgIpc) is 3.25. The SMILES string of the molecule is N#CC1(CF)CC(CN)(n2cc(-c3ncnc4[nH]ccc34)cn2)C1. The van der Waals surface area contributed by atoms with Crippen molar-refractivity contribution in [2.45, 2.75) is 18.4 Å². The van der Waals surface area contributed by atoms with Crippen LogP contribution in [0.15, 0.2) is 31.0 Å². The first kappa shape index (κ1) is 14.8. The number of nitrogens with two attached hydrogens (primary N) is 1. The Balaban J connectivity index is 1.71. The molecule has 1 saturated carbocycles. The lowest BCUT2D eigenvalue weighted by Crippen LogP contribution is -2.58. The number of halogens is 1. The lowest BCUT2D eigenvalue weighted by atomic mass is 9.58. The maximum atomic E-state index is 13.2. The molecule has 0 aromatic carbocycles. The molecule has 1 aliphatic rings. The molecule has 0 bridgehead atoms. The first-order valence-electron chi connectivity index (χ1n) is 7.66. The normalized spacial score (nSPS) is 26.2. The highest BCUT2D eigenvalue weighted by atomic mass is 19.1. The summed E-state index contributed by atoms with van der Waals surface area (Å²) in [5, 5.41) is 14.5. The monoisotopic (exact) mass is 325 g/mol. The second kappa shape index (κ2) is 5.11. The predicted octanol–water partition coefficient (Wildman–Crippen LogP) is 1.75. The summed E-state index contributed by atoms with van der Waals surface area (Å²) in [6, 6.07) is 4.00. The number of H-pyrrole nitrogens is 1. The Bertz CT molecular complexity index is 929. The van der Waals surface area contributed by atoms with Crippen LogP contribution in [-0.2, 0) is 5.54 Å². The fourth-order valence-corrected chi connectivity index (χ4v) is 3.62. The molecular formula is C16H16FN7. The van der Waals surface area contributed by atoms with Crippen LogP contribution in [0.3, 0.4) is 0 Å². The Morgan fingerprint density at radius 3 is 2.96 bits per heavy atom. The Hall–Kier alpha value is -2.79. The zero-order valence-electron chi connectivity index (χ0n) is 12.9. The van der Waals surface area contributed by atoms with E-state index in [4.69, 9.17) is 5.73 Å². The molecule has 24 heavy (non-hydrogen) atoms. The van der Waals surface area contributed by atoms with E-state index in [1.165, 1.54) is 6.33 Å². The van der Waals surface area contributed by atoms with Crippen LogP contribution >= 0.6 is 0 Å². The Morgan fingerprint density at radius 1 is 1.42 bits per heavy atom. The molecule has 3 aromatic rings. The number of nitrogens with one attached hydrogen (secondary N) is 1. The van der Waals surface area contributed by atoms with Crippen LogP contribution in [0.25, 0.3) is 22.3 Å². The highest BCUT2D eigenvalue weighted by molar-refractivity contribution is 5.89. The van der Waals surface area contributed by atoms with Gasteiger partial charge in [-0.3, -0.25) is 4.68 Å². The molecular weight excluding hydrogens is 309 g/mol. The molecule has 0 aliphatic heterocycles. The molecule has 3 aromatic heterocycles. The molecule has 122 valence electrons. The molecule has 0 atom stereocenters. The lowest BCUT2D eigenvalue weighted by molar-refractivity contribution is -0.00579. The van der Waals surface area contributed by atoms with E-state index in [0.717, 1.165) is 22.3 Å². The zero-order valence-corrected chi connectivity index (χ0v) is 12.9. The van der Waals surface area contributed by atoms with E-state index in [-0.39, 0.29) is 0 Å². The molecule has 0 saturated heterocycles. The van der Waals surface area contributed by atoms with Crippen molar-refractivity contribution in [3.05, 3.63) is 31.0 Å². The highest BCUT2D eigenvalue weighted by Crippen LogP contribution is 2.52. The number of hydrogen-bond donors (Lipinski definition) is 2. The van der Waals surface area contributed by atoms with Crippen LogP contribution in [0.1, 0.15) is 12.8 Å². The molecule has 3 N–H and O–H groups in total. The summed E-state index contributed by atoms with van der Waals surface area (Å²) in [6.07, 6.45) is 7.62. The van der Waals surface area contributed by atoms with Crippen LogP contribution in [0, 0.1) is 16.7 Å². The summed E-state index contributed by atoms with van der Waals surface area (Å²) in [5.74, 6) is 0. The summed E-state index contributed by atoms with van der Waals surface area (Å²) < 4.78 is 14.9. The first-order valence-corrected chi connectivity index (χ1v) is 7.66. The van der Waals surface area contributed by atoms with Crippen LogP contribution in [0.4, 0.5) is 4.39 Å². The number of aromatic nitrogens is 5. The standard InChI is InChI=1S/C16H16FN7/c17-7-15(8-18)5-16(6-15,9-19)24-4-11(3-23-24)13-12-1-2-20-14(12)22-10-21-13/h1-4,10H,5-7,9,19H2,(H,20,21,22). The molecule has 8 heteroatoms. The number of fused-ring (bicyclic) bond motifs is 1. The van der Waals surface area contributed by atoms with E-state index < -0.39 is 17.6 Å². The minimum absolute atomic E-state index is 0.306. The third-order valence-electron chi connectivity index (χ3n) is 4.90. The zero-order chi connectivity index (χ0) is 16.8. The fourth-order valence-electron chi connectivity index (χ4n) is 3.62. The van der Waals surface area contributed by atoms with Crippen molar-refractivity contribution in [3.63, 3.8) is 0 Å². The Kier molecular flexibility index (Phi) is 3.15. The molecule has 7 nitrogen and oxygen atoms in total. The Labute approximate surface area is 137 Å². The maximum Gasteiger partial charge on any atom is 0.141 e. The van der Waals surface area contributed by atoms with Gasteiger partial charge < -0.3 is 10.7 Å². The van der Waals surface area contributed by atoms with Gasteiger partial charge in [-0.2, -0.15) is 10.4 Å². The topological polar surface area (TPSA) is 109 Å². The van der Waals surface area contributed by atoms with E-state index in [2.05, 4.69) is 26.1 Å². The van der Waals surface area contributed by atoms with Crippen molar-refractivity contribution < 1.29 is 4.39 Å². The van der Waals surface area contributed by atoms with Crippen LogP contribution in [0.5, 0.6) is 0 Å². The van der Waals surface area contributed by atoms with Crippen LogP contribution in [-0.4, -0.2) is 38.0 Å². The van der Waals surface area contributed by atoms with Crippen molar-refractivity contribution in [2.24, 2.45) is 11.1 Å². The summed E-state index contributed by atoms with van der Waals surface area (Å²) in [4.78, 5) is 11.6. The third-order valence-corrected chi connectivity index (χ3v) is 4.90. The van der Waals surface area contributed by atoms with Gasteiger partial charge in [0.15, 0.2) is 0 Å². The summed E-state index contributed by atoms with van der Waals surface area (Å²) in [6.45, 7) is -0.351. The number of nitriles is 1. The van der Waals surface area contributed by atoms with E-state index in [0.29, 0.717) is 19.4 Å². The summed E-state index contributed by atoms with van der Waals surface area (Å²) in [5.41, 5.74) is 6.85. The molecule has 0 radical (unpaired) electrons.